The van der Waals surface area contributed by atoms with Gasteiger partial charge in [0.25, 0.3) is 5.56 Å². The Bertz CT molecular complexity index is 877. The Balaban J connectivity index is 1.67. The molecule has 0 amide bonds. The standard InChI is InChI=1S/C22H31N3O/c1-16-19(20(26)25(23(16)5)17-9-7-6-8-10-17)13-24-15-22(4)12-18(24)11-21(2,3)14-22/h6-10,18H,11-15H2,1-5H3. The van der Waals surface area contributed by atoms with Crippen molar-refractivity contribution in [2.75, 3.05) is 6.54 Å². The topological polar surface area (TPSA) is 30.2 Å². The molecule has 2 unspecified atom stereocenters. The molecule has 2 aromatic rings. The Kier molecular flexibility index (Phi) is 3.96. The van der Waals surface area contributed by atoms with E-state index in [1.54, 1.807) is 4.68 Å². The maximum atomic E-state index is 13.2. The van der Waals surface area contributed by atoms with E-state index in [9.17, 15) is 4.79 Å². The third-order valence-electron chi connectivity index (χ3n) is 6.56. The molecule has 0 spiro atoms. The second kappa shape index (κ2) is 5.85. The van der Waals surface area contributed by atoms with Gasteiger partial charge in [-0.2, -0.15) is 0 Å². The van der Waals surface area contributed by atoms with Gasteiger partial charge in [-0.25, -0.2) is 4.68 Å². The summed E-state index contributed by atoms with van der Waals surface area (Å²) in [4.78, 5) is 15.8. The van der Waals surface area contributed by atoms with Crippen LogP contribution in [0.15, 0.2) is 35.1 Å². The zero-order chi connectivity index (χ0) is 18.7. The van der Waals surface area contributed by atoms with Crippen molar-refractivity contribution in [1.29, 1.82) is 0 Å². The van der Waals surface area contributed by atoms with Crippen LogP contribution in [0.3, 0.4) is 0 Å². The molecule has 140 valence electrons. The predicted octanol–water partition coefficient (Wildman–Crippen LogP) is 3.89. The van der Waals surface area contributed by atoms with E-state index < -0.39 is 0 Å². The zero-order valence-electron chi connectivity index (χ0n) is 16.7. The van der Waals surface area contributed by atoms with E-state index in [-0.39, 0.29) is 5.56 Å². The van der Waals surface area contributed by atoms with E-state index in [1.807, 2.05) is 42.1 Å². The van der Waals surface area contributed by atoms with E-state index in [0.29, 0.717) is 16.9 Å². The first-order valence-electron chi connectivity index (χ1n) is 9.76. The third kappa shape index (κ3) is 2.84. The van der Waals surface area contributed by atoms with Gasteiger partial charge in [0.15, 0.2) is 0 Å². The summed E-state index contributed by atoms with van der Waals surface area (Å²) in [5.74, 6) is 0. The van der Waals surface area contributed by atoms with Crippen LogP contribution < -0.4 is 5.56 Å². The maximum absolute atomic E-state index is 13.2. The van der Waals surface area contributed by atoms with E-state index in [4.69, 9.17) is 0 Å². The first-order valence-corrected chi connectivity index (χ1v) is 9.76. The highest BCUT2D eigenvalue weighted by Crippen LogP contribution is 2.52. The number of para-hydroxylation sites is 1. The van der Waals surface area contributed by atoms with Crippen molar-refractivity contribution in [3.05, 3.63) is 51.9 Å². The van der Waals surface area contributed by atoms with Crippen molar-refractivity contribution >= 4 is 0 Å². The van der Waals surface area contributed by atoms with Gasteiger partial charge >= 0.3 is 0 Å². The minimum Gasteiger partial charge on any atom is -0.295 e. The summed E-state index contributed by atoms with van der Waals surface area (Å²) in [6, 6.07) is 10.5. The smallest absolute Gasteiger partial charge is 0.276 e. The lowest BCUT2D eigenvalue weighted by Gasteiger charge is -2.39. The van der Waals surface area contributed by atoms with Crippen LogP contribution in [0.2, 0.25) is 0 Å². The fraction of sp³-hybridized carbons (Fsp3) is 0.591. The first kappa shape index (κ1) is 17.6. The predicted molar refractivity (Wildman–Crippen MR) is 106 cm³/mol. The first-order chi connectivity index (χ1) is 12.2. The summed E-state index contributed by atoms with van der Waals surface area (Å²) in [6.45, 7) is 11.2. The molecule has 1 aliphatic carbocycles. The van der Waals surface area contributed by atoms with Gasteiger partial charge in [0.2, 0.25) is 0 Å². The molecule has 4 rings (SSSR count). The van der Waals surface area contributed by atoms with Crippen molar-refractivity contribution in [3.8, 4) is 5.69 Å². The zero-order valence-corrected chi connectivity index (χ0v) is 16.7. The monoisotopic (exact) mass is 353 g/mol. The molecule has 26 heavy (non-hydrogen) atoms. The van der Waals surface area contributed by atoms with Gasteiger partial charge in [-0.05, 0) is 49.1 Å². The molecule has 1 saturated carbocycles. The molecule has 0 radical (unpaired) electrons. The molecular formula is C22H31N3O. The molecule has 0 N–H and O–H groups in total. The summed E-state index contributed by atoms with van der Waals surface area (Å²) in [7, 11) is 1.99. The second-order valence-electron chi connectivity index (χ2n) is 9.66. The highest BCUT2D eigenvalue weighted by Gasteiger charge is 2.49. The SMILES string of the molecule is Cc1c(CN2CC3(C)CC2CC(C)(C)C3)c(=O)n(-c2ccccc2)n1C. The van der Waals surface area contributed by atoms with E-state index in [0.717, 1.165) is 30.0 Å². The second-order valence-corrected chi connectivity index (χ2v) is 9.66. The normalized spacial score (nSPS) is 27.8. The van der Waals surface area contributed by atoms with Gasteiger partial charge in [-0.1, -0.05) is 39.0 Å². The molecule has 2 atom stereocenters. The summed E-state index contributed by atoms with van der Waals surface area (Å²) in [6.07, 6.45) is 3.80. The maximum Gasteiger partial charge on any atom is 0.276 e. The van der Waals surface area contributed by atoms with Crippen molar-refractivity contribution in [1.82, 2.24) is 14.3 Å². The van der Waals surface area contributed by atoms with Crippen LogP contribution in [-0.2, 0) is 13.6 Å². The molecule has 2 heterocycles. The molecule has 1 aliphatic heterocycles. The molecule has 1 aromatic heterocycles. The van der Waals surface area contributed by atoms with Crippen molar-refractivity contribution in [3.63, 3.8) is 0 Å². The average molecular weight is 354 g/mol. The van der Waals surface area contributed by atoms with Crippen LogP contribution >= 0.6 is 0 Å². The highest BCUT2D eigenvalue weighted by atomic mass is 16.1. The Morgan fingerprint density at radius 3 is 2.50 bits per heavy atom. The number of aromatic nitrogens is 2. The van der Waals surface area contributed by atoms with Crippen LogP contribution in [0, 0.1) is 17.8 Å². The molecule has 2 bridgehead atoms. The van der Waals surface area contributed by atoms with Gasteiger partial charge in [0.05, 0.1) is 11.3 Å². The fourth-order valence-corrected chi connectivity index (χ4v) is 5.77. The molecule has 2 fully saturated rings. The van der Waals surface area contributed by atoms with E-state index >= 15 is 0 Å². The number of nitrogens with zero attached hydrogens (tertiary/aromatic N) is 3. The van der Waals surface area contributed by atoms with Crippen molar-refractivity contribution < 1.29 is 0 Å². The summed E-state index contributed by atoms with van der Waals surface area (Å²) >= 11 is 0. The molecule has 4 nitrogen and oxygen atoms in total. The highest BCUT2D eigenvalue weighted by molar-refractivity contribution is 5.33. The number of fused-ring (bicyclic) bond motifs is 2. The molecule has 1 saturated heterocycles. The number of rotatable bonds is 3. The average Bonchev–Trinajstić information content (AvgIpc) is 2.92. The van der Waals surface area contributed by atoms with Gasteiger partial charge in [0, 0.05) is 31.9 Å². The minimum atomic E-state index is 0.127. The Hall–Kier alpha value is -1.81. The Morgan fingerprint density at radius 2 is 1.81 bits per heavy atom. The van der Waals surface area contributed by atoms with Gasteiger partial charge < -0.3 is 0 Å². The summed E-state index contributed by atoms with van der Waals surface area (Å²) < 4.78 is 3.80. The third-order valence-corrected chi connectivity index (χ3v) is 6.56. The lowest BCUT2D eigenvalue weighted by atomic mass is 9.65. The molecular weight excluding hydrogens is 322 g/mol. The minimum absolute atomic E-state index is 0.127. The number of likely N-dealkylation sites (tertiary alicyclic amines) is 1. The van der Waals surface area contributed by atoms with Crippen LogP contribution in [0.1, 0.15) is 51.3 Å². The van der Waals surface area contributed by atoms with E-state index in [2.05, 4.69) is 32.6 Å². The van der Waals surface area contributed by atoms with Gasteiger partial charge in [0.1, 0.15) is 0 Å². The van der Waals surface area contributed by atoms with Crippen LogP contribution in [0.5, 0.6) is 0 Å². The van der Waals surface area contributed by atoms with Crippen LogP contribution in [0.4, 0.5) is 0 Å². The van der Waals surface area contributed by atoms with Crippen LogP contribution in [-0.4, -0.2) is 26.9 Å². The van der Waals surface area contributed by atoms with Crippen molar-refractivity contribution in [2.24, 2.45) is 17.9 Å². The van der Waals surface area contributed by atoms with Gasteiger partial charge in [-0.3, -0.25) is 14.4 Å². The van der Waals surface area contributed by atoms with Crippen LogP contribution in [0.25, 0.3) is 5.69 Å². The van der Waals surface area contributed by atoms with Crippen molar-refractivity contribution in [2.45, 2.75) is 59.5 Å². The quantitative estimate of drug-likeness (QED) is 0.838. The molecule has 4 heteroatoms. The fourth-order valence-electron chi connectivity index (χ4n) is 5.77. The number of benzene rings is 1. The number of hydrogen-bond acceptors (Lipinski definition) is 2. The molecule has 1 aromatic carbocycles. The lowest BCUT2D eigenvalue weighted by Crippen LogP contribution is -2.35. The number of hydrogen-bond donors (Lipinski definition) is 0. The summed E-state index contributed by atoms with van der Waals surface area (Å²) in [5.41, 5.74) is 3.88. The van der Waals surface area contributed by atoms with E-state index in [1.165, 1.54) is 19.3 Å². The van der Waals surface area contributed by atoms with Gasteiger partial charge in [-0.15, -0.1) is 0 Å². The summed E-state index contributed by atoms with van der Waals surface area (Å²) in [5, 5.41) is 0. The largest absolute Gasteiger partial charge is 0.295 e. The lowest BCUT2D eigenvalue weighted by molar-refractivity contribution is 0.126. The Morgan fingerprint density at radius 1 is 1.12 bits per heavy atom. The Labute approximate surface area is 156 Å². The molecule has 2 aliphatic rings.